The fourth-order valence-electron chi connectivity index (χ4n) is 2.84. The number of benzene rings is 2. The molecule has 7 heteroatoms. The molecule has 0 bridgehead atoms. The van der Waals surface area contributed by atoms with Crippen molar-refractivity contribution in [1.29, 1.82) is 0 Å². The predicted molar refractivity (Wildman–Crippen MR) is 78.8 cm³/mol. The fourth-order valence-corrected chi connectivity index (χ4v) is 4.16. The van der Waals surface area contributed by atoms with E-state index in [1.165, 1.54) is 0 Å². The van der Waals surface area contributed by atoms with Crippen LogP contribution in [0.3, 0.4) is 0 Å². The molecule has 1 unspecified atom stereocenters. The SMILES string of the molecule is O=S(=O)(NC1CCCc2ccccc21)c1ccc(F)c(F)c1F. The van der Waals surface area contributed by atoms with Crippen LogP contribution in [0.5, 0.6) is 0 Å². The van der Waals surface area contributed by atoms with E-state index in [1.807, 2.05) is 18.2 Å². The summed E-state index contributed by atoms with van der Waals surface area (Å²) in [4.78, 5) is -0.889. The summed E-state index contributed by atoms with van der Waals surface area (Å²) in [5, 5.41) is 0. The van der Waals surface area contributed by atoms with E-state index in [9.17, 15) is 21.6 Å². The zero-order chi connectivity index (χ0) is 16.6. The third-order valence-electron chi connectivity index (χ3n) is 3.96. The topological polar surface area (TPSA) is 46.2 Å². The van der Waals surface area contributed by atoms with E-state index in [2.05, 4.69) is 4.72 Å². The number of nitrogens with one attached hydrogen (secondary N) is 1. The Hall–Kier alpha value is -1.86. The lowest BCUT2D eigenvalue weighted by Gasteiger charge is -2.26. The quantitative estimate of drug-likeness (QED) is 0.869. The number of rotatable bonds is 3. The van der Waals surface area contributed by atoms with Crippen LogP contribution in [0, 0.1) is 17.5 Å². The van der Waals surface area contributed by atoms with Crippen molar-refractivity contribution in [2.75, 3.05) is 0 Å². The highest BCUT2D eigenvalue weighted by atomic mass is 32.2. The monoisotopic (exact) mass is 341 g/mol. The molecule has 3 nitrogen and oxygen atoms in total. The Bertz CT molecular complexity index is 852. The van der Waals surface area contributed by atoms with Gasteiger partial charge in [0.1, 0.15) is 4.90 Å². The van der Waals surface area contributed by atoms with Crippen LogP contribution in [-0.4, -0.2) is 8.42 Å². The molecule has 0 amide bonds. The molecule has 3 rings (SSSR count). The van der Waals surface area contributed by atoms with Gasteiger partial charge < -0.3 is 0 Å². The maximum Gasteiger partial charge on any atom is 0.244 e. The summed E-state index contributed by atoms with van der Waals surface area (Å²) in [6.07, 6.45) is 2.18. The molecule has 0 saturated heterocycles. The third kappa shape index (κ3) is 2.98. The van der Waals surface area contributed by atoms with Crippen LogP contribution in [0.1, 0.15) is 30.0 Å². The molecule has 0 aliphatic heterocycles. The van der Waals surface area contributed by atoms with Crippen LogP contribution in [0.25, 0.3) is 0 Å². The molecule has 1 aliphatic carbocycles. The predicted octanol–water partition coefficient (Wildman–Crippen LogP) is 3.46. The van der Waals surface area contributed by atoms with Crippen LogP contribution in [0.15, 0.2) is 41.3 Å². The minimum atomic E-state index is -4.30. The Morgan fingerprint density at radius 3 is 2.52 bits per heavy atom. The number of hydrogen-bond donors (Lipinski definition) is 1. The molecule has 2 aromatic rings. The van der Waals surface area contributed by atoms with Gasteiger partial charge in [-0.25, -0.2) is 26.3 Å². The number of halogens is 3. The van der Waals surface area contributed by atoms with E-state index in [0.717, 1.165) is 30.0 Å². The maximum absolute atomic E-state index is 13.8. The average Bonchev–Trinajstić information content (AvgIpc) is 2.52. The molecule has 1 atom stereocenters. The van der Waals surface area contributed by atoms with Crippen molar-refractivity contribution in [3.05, 3.63) is 65.0 Å². The van der Waals surface area contributed by atoms with Crippen molar-refractivity contribution >= 4 is 10.0 Å². The summed E-state index contributed by atoms with van der Waals surface area (Å²) in [7, 11) is -4.30. The smallest absolute Gasteiger partial charge is 0.207 e. The molecule has 1 aliphatic rings. The van der Waals surface area contributed by atoms with Gasteiger partial charge in [-0.2, -0.15) is 0 Å². The standard InChI is InChI=1S/C16H14F3NO2S/c17-12-8-9-14(16(19)15(12)18)23(21,22)20-13-7-3-5-10-4-1-2-6-11(10)13/h1-2,4,6,8-9,13,20H,3,5,7H2. The van der Waals surface area contributed by atoms with E-state index < -0.39 is 38.4 Å². The molecule has 0 aromatic heterocycles. The first-order valence-electron chi connectivity index (χ1n) is 7.14. The first-order valence-corrected chi connectivity index (χ1v) is 8.62. The first-order chi connectivity index (χ1) is 10.9. The van der Waals surface area contributed by atoms with E-state index in [-0.39, 0.29) is 0 Å². The molecule has 0 heterocycles. The normalized spacial score (nSPS) is 17.8. The van der Waals surface area contributed by atoms with Crippen molar-refractivity contribution in [2.45, 2.75) is 30.2 Å². The first kappa shape index (κ1) is 16.0. The minimum absolute atomic E-state index is 0.516. The Balaban J connectivity index is 1.96. The summed E-state index contributed by atoms with van der Waals surface area (Å²) in [5.41, 5.74) is 1.85. The van der Waals surface area contributed by atoms with Gasteiger partial charge >= 0.3 is 0 Å². The van der Waals surface area contributed by atoms with Gasteiger partial charge in [-0.05, 0) is 42.5 Å². The molecular weight excluding hydrogens is 327 g/mol. The molecular formula is C16H14F3NO2S. The van der Waals surface area contributed by atoms with Gasteiger partial charge in [0.2, 0.25) is 10.0 Å². The molecule has 2 aromatic carbocycles. The van der Waals surface area contributed by atoms with Crippen LogP contribution in [-0.2, 0) is 16.4 Å². The second kappa shape index (κ2) is 5.98. The Morgan fingerprint density at radius 1 is 1.00 bits per heavy atom. The summed E-state index contributed by atoms with van der Waals surface area (Å²) >= 11 is 0. The lowest BCUT2D eigenvalue weighted by atomic mass is 9.88. The molecule has 23 heavy (non-hydrogen) atoms. The molecule has 1 N–H and O–H groups in total. The third-order valence-corrected chi connectivity index (χ3v) is 5.45. The van der Waals surface area contributed by atoms with E-state index in [1.54, 1.807) is 6.07 Å². The number of sulfonamides is 1. The summed E-state index contributed by atoms with van der Waals surface area (Å²) in [5.74, 6) is -4.93. The van der Waals surface area contributed by atoms with Crippen molar-refractivity contribution in [3.63, 3.8) is 0 Å². The molecule has 0 radical (unpaired) electrons. The van der Waals surface area contributed by atoms with Crippen LogP contribution in [0.2, 0.25) is 0 Å². The van der Waals surface area contributed by atoms with Gasteiger partial charge in [-0.1, -0.05) is 24.3 Å². The fraction of sp³-hybridized carbons (Fsp3) is 0.250. The second-order valence-corrected chi connectivity index (χ2v) is 7.12. The van der Waals surface area contributed by atoms with Gasteiger partial charge in [0, 0.05) is 6.04 Å². The van der Waals surface area contributed by atoms with Crippen LogP contribution < -0.4 is 4.72 Å². The molecule has 0 saturated carbocycles. The van der Waals surface area contributed by atoms with Crippen LogP contribution >= 0.6 is 0 Å². The average molecular weight is 341 g/mol. The van der Waals surface area contributed by atoms with Crippen molar-refractivity contribution in [2.24, 2.45) is 0 Å². The zero-order valence-corrected chi connectivity index (χ0v) is 12.8. The highest BCUT2D eigenvalue weighted by Gasteiger charge is 2.29. The highest BCUT2D eigenvalue weighted by molar-refractivity contribution is 7.89. The Kier molecular flexibility index (Phi) is 4.16. The van der Waals surface area contributed by atoms with E-state index in [4.69, 9.17) is 0 Å². The second-order valence-electron chi connectivity index (χ2n) is 5.44. The van der Waals surface area contributed by atoms with Gasteiger partial charge in [-0.15, -0.1) is 0 Å². The highest BCUT2D eigenvalue weighted by Crippen LogP contribution is 2.31. The van der Waals surface area contributed by atoms with Gasteiger partial charge in [0.15, 0.2) is 17.5 Å². The van der Waals surface area contributed by atoms with Crippen LogP contribution in [0.4, 0.5) is 13.2 Å². The number of aryl methyl sites for hydroxylation is 1. The maximum atomic E-state index is 13.8. The summed E-state index contributed by atoms with van der Waals surface area (Å²) < 4.78 is 67.2. The van der Waals surface area contributed by atoms with Gasteiger partial charge in [-0.3, -0.25) is 0 Å². The summed E-state index contributed by atoms with van der Waals surface area (Å²) in [6.45, 7) is 0. The largest absolute Gasteiger partial charge is 0.244 e. The van der Waals surface area contributed by atoms with Crippen molar-refractivity contribution in [3.8, 4) is 0 Å². The Morgan fingerprint density at radius 2 is 1.74 bits per heavy atom. The molecule has 122 valence electrons. The van der Waals surface area contributed by atoms with E-state index >= 15 is 0 Å². The molecule has 0 fully saturated rings. The van der Waals surface area contributed by atoms with Gasteiger partial charge in [0.05, 0.1) is 0 Å². The zero-order valence-electron chi connectivity index (χ0n) is 12.0. The summed E-state index contributed by atoms with van der Waals surface area (Å²) in [6, 6.07) is 8.19. The van der Waals surface area contributed by atoms with E-state index in [0.29, 0.717) is 12.5 Å². The lowest BCUT2D eigenvalue weighted by Crippen LogP contribution is -2.31. The van der Waals surface area contributed by atoms with Crippen molar-refractivity contribution < 1.29 is 21.6 Å². The number of hydrogen-bond acceptors (Lipinski definition) is 2. The van der Waals surface area contributed by atoms with Gasteiger partial charge in [0.25, 0.3) is 0 Å². The molecule has 0 spiro atoms. The Labute approximate surface area is 132 Å². The van der Waals surface area contributed by atoms with Crippen molar-refractivity contribution in [1.82, 2.24) is 4.72 Å². The minimum Gasteiger partial charge on any atom is -0.207 e. The lowest BCUT2D eigenvalue weighted by molar-refractivity contribution is 0.430. The number of fused-ring (bicyclic) bond motifs is 1.